The number of nitrogen functional groups attached to an aromatic ring is 1. The molecule has 0 aliphatic heterocycles. The number of benzene rings is 1. The van der Waals surface area contributed by atoms with Crippen LogP contribution in [0, 0.1) is 13.8 Å². The molecule has 0 radical (unpaired) electrons. The van der Waals surface area contributed by atoms with E-state index < -0.39 is 21.6 Å². The van der Waals surface area contributed by atoms with Crippen LogP contribution in [0.4, 0.5) is 10.5 Å². The molecule has 7 heteroatoms. The molecule has 0 bridgehead atoms. The van der Waals surface area contributed by atoms with Gasteiger partial charge in [0.1, 0.15) is 4.90 Å². The van der Waals surface area contributed by atoms with Crippen LogP contribution in [0.25, 0.3) is 0 Å². The molecule has 0 unspecified atom stereocenters. The van der Waals surface area contributed by atoms with E-state index in [4.69, 9.17) is 5.73 Å². The van der Waals surface area contributed by atoms with E-state index in [-0.39, 0.29) is 10.6 Å². The monoisotopic (exact) mass is 299 g/mol. The van der Waals surface area contributed by atoms with Gasteiger partial charge in [0.15, 0.2) is 0 Å². The van der Waals surface area contributed by atoms with Crippen molar-refractivity contribution in [1.82, 2.24) is 10.0 Å². The van der Waals surface area contributed by atoms with Crippen LogP contribution in [0.5, 0.6) is 0 Å². The second-order valence-electron chi connectivity index (χ2n) is 5.75. The smallest absolute Gasteiger partial charge is 0.329 e. The molecule has 0 aliphatic rings. The van der Waals surface area contributed by atoms with Crippen LogP contribution in [-0.4, -0.2) is 20.0 Å². The average Bonchev–Trinajstić information content (AvgIpc) is 2.19. The lowest BCUT2D eigenvalue weighted by molar-refractivity contribution is 0.237. The third-order valence-electron chi connectivity index (χ3n) is 2.60. The fourth-order valence-electron chi connectivity index (χ4n) is 1.70. The topological polar surface area (TPSA) is 101 Å². The lowest BCUT2D eigenvalue weighted by atomic mass is 10.1. The Morgan fingerprint density at radius 3 is 2.15 bits per heavy atom. The molecule has 0 atom stereocenters. The van der Waals surface area contributed by atoms with Gasteiger partial charge < -0.3 is 11.1 Å². The van der Waals surface area contributed by atoms with Crippen molar-refractivity contribution in [2.75, 3.05) is 5.73 Å². The third kappa shape index (κ3) is 3.86. The van der Waals surface area contributed by atoms with E-state index in [0.717, 1.165) is 0 Å². The first-order valence-electron chi connectivity index (χ1n) is 6.15. The van der Waals surface area contributed by atoms with Crippen molar-refractivity contribution in [1.29, 1.82) is 0 Å². The zero-order valence-corrected chi connectivity index (χ0v) is 13.2. The van der Waals surface area contributed by atoms with Crippen LogP contribution >= 0.6 is 0 Å². The fourth-order valence-corrected chi connectivity index (χ4v) is 3.04. The molecular formula is C13H21N3O3S. The molecule has 2 amide bonds. The van der Waals surface area contributed by atoms with Gasteiger partial charge >= 0.3 is 6.03 Å². The van der Waals surface area contributed by atoms with Gasteiger partial charge in [-0.05, 0) is 45.7 Å². The molecule has 0 heterocycles. The summed E-state index contributed by atoms with van der Waals surface area (Å²) in [5, 5.41) is 2.53. The SMILES string of the molecule is Cc1ccc(C)c(S(=O)(=O)NC(=O)NC(C)(C)C)c1N. The third-order valence-corrected chi connectivity index (χ3v) is 4.13. The minimum Gasteiger partial charge on any atom is -0.397 e. The summed E-state index contributed by atoms with van der Waals surface area (Å²) < 4.78 is 26.5. The lowest BCUT2D eigenvalue weighted by Gasteiger charge is -2.21. The van der Waals surface area contributed by atoms with Crippen LogP contribution in [0.2, 0.25) is 0 Å². The maximum absolute atomic E-state index is 12.3. The minimum absolute atomic E-state index is 0.0541. The van der Waals surface area contributed by atoms with E-state index in [1.54, 1.807) is 46.8 Å². The van der Waals surface area contributed by atoms with Gasteiger partial charge in [0.25, 0.3) is 10.0 Å². The standard InChI is InChI=1S/C13H21N3O3S/c1-8-6-7-9(2)11(10(8)14)20(18,19)16-12(17)15-13(3,4)5/h6-7H,14H2,1-5H3,(H2,15,16,17). The van der Waals surface area contributed by atoms with Gasteiger partial charge in [-0.2, -0.15) is 0 Å². The predicted molar refractivity (Wildman–Crippen MR) is 78.9 cm³/mol. The Morgan fingerprint density at radius 2 is 1.65 bits per heavy atom. The number of nitrogens with two attached hydrogens (primary N) is 1. The highest BCUT2D eigenvalue weighted by molar-refractivity contribution is 7.90. The number of anilines is 1. The van der Waals surface area contributed by atoms with E-state index in [1.807, 2.05) is 4.72 Å². The molecule has 0 saturated carbocycles. The van der Waals surface area contributed by atoms with Crippen LogP contribution in [0.1, 0.15) is 31.9 Å². The van der Waals surface area contributed by atoms with Crippen LogP contribution in [0.3, 0.4) is 0 Å². The minimum atomic E-state index is -4.00. The van der Waals surface area contributed by atoms with Crippen molar-refractivity contribution in [3.05, 3.63) is 23.3 Å². The summed E-state index contributed by atoms with van der Waals surface area (Å²) in [6.45, 7) is 8.61. The number of rotatable bonds is 2. The zero-order chi connectivity index (χ0) is 15.7. The van der Waals surface area contributed by atoms with E-state index in [9.17, 15) is 13.2 Å². The van der Waals surface area contributed by atoms with Gasteiger partial charge in [0, 0.05) is 5.54 Å². The molecule has 1 aromatic carbocycles. The summed E-state index contributed by atoms with van der Waals surface area (Å²) in [5.41, 5.74) is 6.58. The summed E-state index contributed by atoms with van der Waals surface area (Å²) in [6.07, 6.45) is 0. The van der Waals surface area contributed by atoms with Gasteiger partial charge in [-0.3, -0.25) is 0 Å². The summed E-state index contributed by atoms with van der Waals surface area (Å²) >= 11 is 0. The van der Waals surface area contributed by atoms with Crippen LogP contribution in [0.15, 0.2) is 17.0 Å². The van der Waals surface area contributed by atoms with Crippen molar-refractivity contribution in [2.24, 2.45) is 0 Å². The quantitative estimate of drug-likeness (QED) is 0.723. The molecule has 112 valence electrons. The molecule has 1 aromatic rings. The number of hydrogen-bond acceptors (Lipinski definition) is 4. The van der Waals surface area contributed by atoms with Crippen molar-refractivity contribution in [2.45, 2.75) is 45.1 Å². The highest BCUT2D eigenvalue weighted by Gasteiger charge is 2.25. The van der Waals surface area contributed by atoms with Crippen molar-refractivity contribution in [3.63, 3.8) is 0 Å². The number of nitrogens with one attached hydrogen (secondary N) is 2. The summed E-state index contributed by atoms with van der Waals surface area (Å²) in [7, 11) is -4.00. The lowest BCUT2D eigenvalue weighted by Crippen LogP contribution is -2.48. The molecule has 1 rings (SSSR count). The Hall–Kier alpha value is -1.76. The summed E-state index contributed by atoms with van der Waals surface area (Å²) in [6, 6.07) is 2.61. The first kappa shape index (κ1) is 16.3. The normalized spacial score (nSPS) is 12.1. The Balaban J connectivity index is 3.13. The molecule has 4 N–H and O–H groups in total. The second kappa shape index (κ2) is 5.32. The molecule has 0 spiro atoms. The fraction of sp³-hybridized carbons (Fsp3) is 0.462. The highest BCUT2D eigenvalue weighted by Crippen LogP contribution is 2.25. The summed E-state index contributed by atoms with van der Waals surface area (Å²) in [5.74, 6) is 0. The molecular weight excluding hydrogens is 278 g/mol. The second-order valence-corrected chi connectivity index (χ2v) is 7.37. The number of aryl methyl sites for hydroxylation is 2. The Bertz CT molecular complexity index is 631. The summed E-state index contributed by atoms with van der Waals surface area (Å²) in [4.78, 5) is 11.7. The maximum Gasteiger partial charge on any atom is 0.329 e. The molecule has 0 aliphatic carbocycles. The zero-order valence-electron chi connectivity index (χ0n) is 12.4. The number of urea groups is 1. The van der Waals surface area contributed by atoms with Gasteiger partial charge in [-0.15, -0.1) is 0 Å². The highest BCUT2D eigenvalue weighted by atomic mass is 32.2. The molecule has 0 aromatic heterocycles. The molecule has 0 saturated heterocycles. The number of hydrogen-bond donors (Lipinski definition) is 3. The molecule has 6 nitrogen and oxygen atoms in total. The van der Waals surface area contributed by atoms with Gasteiger partial charge in [-0.25, -0.2) is 17.9 Å². The van der Waals surface area contributed by atoms with E-state index in [0.29, 0.717) is 11.1 Å². The van der Waals surface area contributed by atoms with Crippen LogP contribution < -0.4 is 15.8 Å². The Labute approximate surface area is 119 Å². The number of carbonyl (C=O) groups is 1. The van der Waals surface area contributed by atoms with Crippen LogP contribution in [-0.2, 0) is 10.0 Å². The van der Waals surface area contributed by atoms with E-state index in [2.05, 4.69) is 5.32 Å². The first-order chi connectivity index (χ1) is 8.94. The largest absolute Gasteiger partial charge is 0.397 e. The predicted octanol–water partition coefficient (Wildman–Crippen LogP) is 1.67. The van der Waals surface area contributed by atoms with E-state index in [1.165, 1.54) is 0 Å². The molecule has 0 fully saturated rings. The number of amides is 2. The average molecular weight is 299 g/mol. The number of carbonyl (C=O) groups excluding carboxylic acids is 1. The van der Waals surface area contributed by atoms with Crippen molar-refractivity contribution in [3.8, 4) is 0 Å². The van der Waals surface area contributed by atoms with Gasteiger partial charge in [0.05, 0.1) is 5.69 Å². The molecule has 20 heavy (non-hydrogen) atoms. The van der Waals surface area contributed by atoms with Gasteiger partial charge in [-0.1, -0.05) is 12.1 Å². The Kier molecular flexibility index (Phi) is 4.33. The first-order valence-corrected chi connectivity index (χ1v) is 7.63. The van der Waals surface area contributed by atoms with Crippen molar-refractivity contribution < 1.29 is 13.2 Å². The van der Waals surface area contributed by atoms with E-state index >= 15 is 0 Å². The van der Waals surface area contributed by atoms with Gasteiger partial charge in [0.2, 0.25) is 0 Å². The van der Waals surface area contributed by atoms with Crippen molar-refractivity contribution >= 4 is 21.7 Å². The Morgan fingerprint density at radius 1 is 1.15 bits per heavy atom. The maximum atomic E-state index is 12.3. The number of sulfonamides is 1.